The van der Waals surface area contributed by atoms with Crippen molar-refractivity contribution in [2.75, 3.05) is 19.6 Å². The normalized spacial score (nSPS) is 35.6. The van der Waals surface area contributed by atoms with Gasteiger partial charge in [-0.25, -0.2) is 0 Å². The number of nitrogens with zero attached hydrogens (tertiary/aromatic N) is 1. The molecule has 0 spiro atoms. The minimum absolute atomic E-state index is 0.0171. The summed E-state index contributed by atoms with van der Waals surface area (Å²) in [6, 6.07) is 0. The molecule has 18 heavy (non-hydrogen) atoms. The van der Waals surface area contributed by atoms with Crippen molar-refractivity contribution in [2.45, 2.75) is 58.8 Å². The Kier molecular flexibility index (Phi) is 4.83. The number of aldehydes is 1. The van der Waals surface area contributed by atoms with Gasteiger partial charge in [0.25, 0.3) is 0 Å². The van der Waals surface area contributed by atoms with Gasteiger partial charge in [0.1, 0.15) is 6.29 Å². The number of piperidine rings is 1. The molecule has 1 aliphatic carbocycles. The van der Waals surface area contributed by atoms with Crippen molar-refractivity contribution in [1.29, 1.82) is 0 Å². The highest BCUT2D eigenvalue weighted by Gasteiger charge is 2.36. The molecule has 1 aliphatic heterocycles. The van der Waals surface area contributed by atoms with Crippen LogP contribution in [0.4, 0.5) is 0 Å². The van der Waals surface area contributed by atoms with Gasteiger partial charge in [-0.15, -0.1) is 0 Å². The van der Waals surface area contributed by atoms with E-state index in [0.717, 1.165) is 31.2 Å². The van der Waals surface area contributed by atoms with Crippen LogP contribution < -0.4 is 0 Å². The van der Waals surface area contributed by atoms with Gasteiger partial charge in [0.2, 0.25) is 0 Å². The van der Waals surface area contributed by atoms with Gasteiger partial charge in [0, 0.05) is 12.0 Å². The molecular weight excluding hydrogens is 222 g/mol. The van der Waals surface area contributed by atoms with Crippen LogP contribution in [0.25, 0.3) is 0 Å². The highest BCUT2D eigenvalue weighted by Crippen LogP contribution is 2.39. The van der Waals surface area contributed by atoms with Crippen LogP contribution in [0.15, 0.2) is 0 Å². The summed E-state index contributed by atoms with van der Waals surface area (Å²) in [7, 11) is 0. The van der Waals surface area contributed by atoms with Crippen molar-refractivity contribution in [2.24, 2.45) is 17.3 Å². The second-order valence-corrected chi connectivity index (χ2v) is 6.81. The minimum atomic E-state index is -0.0171. The van der Waals surface area contributed by atoms with Gasteiger partial charge >= 0.3 is 0 Å². The lowest BCUT2D eigenvalue weighted by molar-refractivity contribution is -0.120. The van der Waals surface area contributed by atoms with E-state index in [4.69, 9.17) is 0 Å². The first-order chi connectivity index (χ1) is 8.67. The van der Waals surface area contributed by atoms with Crippen molar-refractivity contribution in [3.8, 4) is 0 Å². The molecule has 0 aromatic heterocycles. The van der Waals surface area contributed by atoms with Crippen LogP contribution in [0, 0.1) is 17.3 Å². The van der Waals surface area contributed by atoms with Crippen LogP contribution in [0.3, 0.4) is 0 Å². The van der Waals surface area contributed by atoms with Crippen LogP contribution in [0.2, 0.25) is 0 Å². The van der Waals surface area contributed by atoms with E-state index < -0.39 is 0 Å². The molecule has 2 aliphatic rings. The molecule has 2 atom stereocenters. The lowest BCUT2D eigenvalue weighted by atomic mass is 9.70. The molecule has 104 valence electrons. The summed E-state index contributed by atoms with van der Waals surface area (Å²) in [6.07, 6.45) is 10.1. The molecule has 0 radical (unpaired) electrons. The van der Waals surface area contributed by atoms with Gasteiger partial charge in [-0.3, -0.25) is 0 Å². The van der Waals surface area contributed by atoms with Gasteiger partial charge in [-0.1, -0.05) is 33.1 Å². The topological polar surface area (TPSA) is 20.3 Å². The third-order valence-corrected chi connectivity index (χ3v) is 5.20. The number of hydrogen-bond acceptors (Lipinski definition) is 2. The molecule has 1 saturated heterocycles. The van der Waals surface area contributed by atoms with Crippen LogP contribution in [0.5, 0.6) is 0 Å². The smallest absolute Gasteiger partial charge is 0.127 e. The average molecular weight is 251 g/mol. The third-order valence-electron chi connectivity index (χ3n) is 5.20. The largest absolute Gasteiger partial charge is 0.303 e. The Bertz CT molecular complexity index is 270. The summed E-state index contributed by atoms with van der Waals surface area (Å²) in [5.74, 6) is 1.66. The average Bonchev–Trinajstić information content (AvgIpc) is 2.39. The second-order valence-electron chi connectivity index (χ2n) is 6.81. The van der Waals surface area contributed by atoms with E-state index in [2.05, 4.69) is 18.7 Å². The Morgan fingerprint density at radius 2 is 2.00 bits per heavy atom. The van der Waals surface area contributed by atoms with E-state index >= 15 is 0 Å². The molecule has 1 heterocycles. The summed E-state index contributed by atoms with van der Waals surface area (Å²) in [5.41, 5.74) is -0.0171. The molecular formula is C16H29NO. The van der Waals surface area contributed by atoms with E-state index in [1.807, 2.05) is 0 Å². The monoisotopic (exact) mass is 251 g/mol. The van der Waals surface area contributed by atoms with Crippen LogP contribution in [-0.2, 0) is 4.79 Å². The molecule has 2 nitrogen and oxygen atoms in total. The van der Waals surface area contributed by atoms with Crippen LogP contribution in [-0.4, -0.2) is 30.8 Å². The van der Waals surface area contributed by atoms with Gasteiger partial charge in [-0.2, -0.15) is 0 Å². The van der Waals surface area contributed by atoms with Crippen LogP contribution >= 0.6 is 0 Å². The maximum atomic E-state index is 11.6. The minimum Gasteiger partial charge on any atom is -0.303 e. The van der Waals surface area contributed by atoms with Gasteiger partial charge in [0.05, 0.1) is 0 Å². The number of rotatable bonds is 4. The summed E-state index contributed by atoms with van der Waals surface area (Å²) in [4.78, 5) is 14.1. The fraction of sp³-hybridized carbons (Fsp3) is 0.938. The van der Waals surface area contributed by atoms with E-state index in [9.17, 15) is 4.79 Å². The molecule has 0 aromatic rings. The van der Waals surface area contributed by atoms with Crippen molar-refractivity contribution < 1.29 is 4.79 Å². The quantitative estimate of drug-likeness (QED) is 0.713. The zero-order valence-electron chi connectivity index (χ0n) is 12.2. The molecule has 2 heteroatoms. The summed E-state index contributed by atoms with van der Waals surface area (Å²) in [5, 5.41) is 0. The number of carbonyl (C=O) groups excluding carboxylic acids is 1. The standard InChI is InChI=1S/C16H29NO/c1-3-15-6-9-17(10-7-15)12-16(13-18)8-4-5-14(2)11-16/h13-15H,3-12H2,1-2H3. The highest BCUT2D eigenvalue weighted by molar-refractivity contribution is 5.60. The first-order valence-corrected chi connectivity index (χ1v) is 7.86. The van der Waals surface area contributed by atoms with Crippen molar-refractivity contribution in [3.05, 3.63) is 0 Å². The third kappa shape index (κ3) is 3.34. The molecule has 2 fully saturated rings. The zero-order chi connectivity index (χ0) is 13.0. The molecule has 0 bridgehead atoms. The van der Waals surface area contributed by atoms with Gasteiger partial charge in [-0.05, 0) is 50.6 Å². The molecule has 0 amide bonds. The predicted octanol–water partition coefficient (Wildman–Crippen LogP) is 3.50. The number of carbonyl (C=O) groups is 1. The zero-order valence-corrected chi connectivity index (χ0v) is 12.2. The molecule has 1 saturated carbocycles. The van der Waals surface area contributed by atoms with Crippen molar-refractivity contribution >= 4 is 6.29 Å². The number of hydrogen-bond donors (Lipinski definition) is 0. The summed E-state index contributed by atoms with van der Waals surface area (Å²) < 4.78 is 0. The van der Waals surface area contributed by atoms with E-state index in [0.29, 0.717) is 0 Å². The van der Waals surface area contributed by atoms with E-state index in [-0.39, 0.29) is 5.41 Å². The highest BCUT2D eigenvalue weighted by atomic mass is 16.1. The van der Waals surface area contributed by atoms with Crippen molar-refractivity contribution in [1.82, 2.24) is 4.90 Å². The van der Waals surface area contributed by atoms with Gasteiger partial charge in [0.15, 0.2) is 0 Å². The molecule has 2 rings (SSSR count). The Morgan fingerprint density at radius 1 is 1.28 bits per heavy atom. The van der Waals surface area contributed by atoms with Crippen molar-refractivity contribution in [3.63, 3.8) is 0 Å². The van der Waals surface area contributed by atoms with Crippen LogP contribution in [0.1, 0.15) is 58.8 Å². The Balaban J connectivity index is 1.88. The predicted molar refractivity (Wildman–Crippen MR) is 75.6 cm³/mol. The van der Waals surface area contributed by atoms with E-state index in [1.54, 1.807) is 0 Å². The first kappa shape index (κ1) is 14.0. The van der Waals surface area contributed by atoms with E-state index in [1.165, 1.54) is 51.5 Å². The summed E-state index contributed by atoms with van der Waals surface area (Å²) >= 11 is 0. The maximum Gasteiger partial charge on any atom is 0.127 e. The SMILES string of the molecule is CCC1CCN(CC2(C=O)CCCC(C)C2)CC1. The fourth-order valence-electron chi connectivity index (χ4n) is 3.99. The lowest BCUT2D eigenvalue weighted by Crippen LogP contribution is -2.44. The Hall–Kier alpha value is -0.370. The molecule has 0 aromatic carbocycles. The lowest BCUT2D eigenvalue weighted by Gasteiger charge is -2.41. The first-order valence-electron chi connectivity index (χ1n) is 7.86. The maximum absolute atomic E-state index is 11.6. The molecule has 0 N–H and O–H groups in total. The Labute approximate surface area is 112 Å². The fourth-order valence-corrected chi connectivity index (χ4v) is 3.99. The number of likely N-dealkylation sites (tertiary alicyclic amines) is 1. The second kappa shape index (κ2) is 6.18. The van der Waals surface area contributed by atoms with Gasteiger partial charge < -0.3 is 9.69 Å². The molecule has 2 unspecified atom stereocenters. The summed E-state index contributed by atoms with van der Waals surface area (Å²) in [6.45, 7) is 8.05. The Morgan fingerprint density at radius 3 is 2.56 bits per heavy atom.